The van der Waals surface area contributed by atoms with Crippen LogP contribution in [0.3, 0.4) is 0 Å². The van der Waals surface area contributed by atoms with Crippen LogP contribution in [0, 0.1) is 13.8 Å². The molecule has 2 rings (SSSR count). The summed E-state index contributed by atoms with van der Waals surface area (Å²) >= 11 is 0. The van der Waals surface area contributed by atoms with E-state index in [1.165, 1.54) is 5.56 Å². The highest BCUT2D eigenvalue weighted by molar-refractivity contribution is 5.29. The third-order valence-electron chi connectivity index (χ3n) is 2.59. The second kappa shape index (κ2) is 4.91. The van der Waals surface area contributed by atoms with Crippen molar-refractivity contribution >= 4 is 5.82 Å². The van der Waals surface area contributed by atoms with Crippen LogP contribution >= 0.6 is 0 Å². The predicted octanol–water partition coefficient (Wildman–Crippen LogP) is 2.16. The lowest BCUT2D eigenvalue weighted by atomic mass is 10.2. The molecule has 0 aliphatic carbocycles. The molecule has 0 saturated heterocycles. The maximum Gasteiger partial charge on any atom is 0.145 e. The quantitative estimate of drug-likeness (QED) is 0.877. The lowest BCUT2D eigenvalue weighted by molar-refractivity contribution is 0.290. The first-order valence-corrected chi connectivity index (χ1v) is 5.64. The van der Waals surface area contributed by atoms with Crippen molar-refractivity contribution in [3.8, 4) is 5.75 Å². The number of nitrogens with zero attached hydrogens (tertiary/aromatic N) is 2. The summed E-state index contributed by atoms with van der Waals surface area (Å²) in [6.07, 6.45) is 0. The van der Waals surface area contributed by atoms with Gasteiger partial charge in [0, 0.05) is 11.8 Å². The number of hydrogen-bond acceptors (Lipinski definition) is 3. The van der Waals surface area contributed by atoms with Crippen molar-refractivity contribution in [1.82, 2.24) is 9.78 Å². The molecule has 2 N–H and O–H groups in total. The van der Waals surface area contributed by atoms with E-state index in [4.69, 9.17) is 10.5 Å². The number of aryl methyl sites for hydroxylation is 2. The topological polar surface area (TPSA) is 53.1 Å². The summed E-state index contributed by atoms with van der Waals surface area (Å²) in [6.45, 7) is 5.33. The van der Waals surface area contributed by atoms with E-state index in [0.29, 0.717) is 19.0 Å². The molecule has 1 aromatic carbocycles. The van der Waals surface area contributed by atoms with E-state index >= 15 is 0 Å². The fourth-order valence-electron chi connectivity index (χ4n) is 1.65. The number of anilines is 1. The molecular formula is C13H17N3O. The SMILES string of the molecule is Cc1ccc(OCCn2nc(N)cc2C)cc1. The number of ether oxygens (including phenoxy) is 1. The molecule has 2 aromatic rings. The van der Waals surface area contributed by atoms with Gasteiger partial charge in [-0.1, -0.05) is 17.7 Å². The number of benzene rings is 1. The monoisotopic (exact) mass is 231 g/mol. The molecule has 0 fully saturated rings. The molecule has 0 radical (unpaired) electrons. The number of rotatable bonds is 4. The molecule has 4 nitrogen and oxygen atoms in total. The molecule has 0 unspecified atom stereocenters. The first kappa shape index (κ1) is 11.5. The minimum absolute atomic E-state index is 0.554. The second-order valence-corrected chi connectivity index (χ2v) is 4.10. The van der Waals surface area contributed by atoms with Crippen LogP contribution in [0.5, 0.6) is 5.75 Å². The van der Waals surface area contributed by atoms with E-state index in [2.05, 4.69) is 12.0 Å². The summed E-state index contributed by atoms with van der Waals surface area (Å²) in [7, 11) is 0. The lowest BCUT2D eigenvalue weighted by Crippen LogP contribution is -2.10. The number of nitrogen functional groups attached to an aromatic ring is 1. The highest BCUT2D eigenvalue weighted by atomic mass is 16.5. The Kier molecular flexibility index (Phi) is 3.32. The highest BCUT2D eigenvalue weighted by Gasteiger charge is 2.01. The van der Waals surface area contributed by atoms with Gasteiger partial charge in [0.2, 0.25) is 0 Å². The normalized spacial score (nSPS) is 10.5. The predicted molar refractivity (Wildman–Crippen MR) is 68.1 cm³/mol. The van der Waals surface area contributed by atoms with E-state index in [0.717, 1.165) is 11.4 Å². The third kappa shape index (κ3) is 3.00. The molecule has 90 valence electrons. The van der Waals surface area contributed by atoms with Crippen LogP contribution in [0.15, 0.2) is 30.3 Å². The first-order chi connectivity index (χ1) is 8.15. The largest absolute Gasteiger partial charge is 0.492 e. The van der Waals surface area contributed by atoms with Gasteiger partial charge in [0.05, 0.1) is 6.54 Å². The van der Waals surface area contributed by atoms with Crippen molar-refractivity contribution < 1.29 is 4.74 Å². The average molecular weight is 231 g/mol. The van der Waals surface area contributed by atoms with Gasteiger partial charge in [-0.25, -0.2) is 0 Å². The van der Waals surface area contributed by atoms with Gasteiger partial charge in [0.15, 0.2) is 0 Å². The Morgan fingerprint density at radius 3 is 2.53 bits per heavy atom. The molecule has 4 heteroatoms. The average Bonchev–Trinajstić information content (AvgIpc) is 2.60. The van der Waals surface area contributed by atoms with Gasteiger partial charge in [-0.05, 0) is 26.0 Å². The van der Waals surface area contributed by atoms with Gasteiger partial charge in [0.25, 0.3) is 0 Å². The van der Waals surface area contributed by atoms with Crippen molar-refractivity contribution in [2.24, 2.45) is 0 Å². The maximum absolute atomic E-state index is 5.63. The Labute approximate surface area is 101 Å². The van der Waals surface area contributed by atoms with Crippen LogP contribution in [0.4, 0.5) is 5.82 Å². The Hall–Kier alpha value is -1.97. The zero-order valence-corrected chi connectivity index (χ0v) is 10.2. The van der Waals surface area contributed by atoms with Gasteiger partial charge in [0.1, 0.15) is 18.2 Å². The van der Waals surface area contributed by atoms with Crippen LogP contribution < -0.4 is 10.5 Å². The zero-order chi connectivity index (χ0) is 12.3. The standard InChI is InChI=1S/C13H17N3O/c1-10-3-5-12(6-4-10)17-8-7-16-11(2)9-13(14)15-16/h3-6,9H,7-8H2,1-2H3,(H2,14,15). The van der Waals surface area contributed by atoms with Gasteiger partial charge >= 0.3 is 0 Å². The number of hydrogen-bond donors (Lipinski definition) is 1. The summed E-state index contributed by atoms with van der Waals surface area (Å²) in [5.74, 6) is 1.44. The summed E-state index contributed by atoms with van der Waals surface area (Å²) < 4.78 is 7.48. The first-order valence-electron chi connectivity index (χ1n) is 5.64. The second-order valence-electron chi connectivity index (χ2n) is 4.10. The van der Waals surface area contributed by atoms with E-state index in [1.54, 1.807) is 0 Å². The van der Waals surface area contributed by atoms with E-state index < -0.39 is 0 Å². The molecule has 0 atom stereocenters. The molecule has 0 spiro atoms. The highest BCUT2D eigenvalue weighted by Crippen LogP contribution is 2.11. The van der Waals surface area contributed by atoms with Crippen molar-refractivity contribution in [2.45, 2.75) is 20.4 Å². The summed E-state index contributed by atoms with van der Waals surface area (Å²) in [6, 6.07) is 9.87. The third-order valence-corrected chi connectivity index (χ3v) is 2.59. The summed E-state index contributed by atoms with van der Waals surface area (Å²) in [5, 5.41) is 4.17. The maximum atomic E-state index is 5.63. The fourth-order valence-corrected chi connectivity index (χ4v) is 1.65. The molecule has 0 aliphatic heterocycles. The minimum atomic E-state index is 0.554. The molecule has 1 aromatic heterocycles. The van der Waals surface area contributed by atoms with E-state index in [1.807, 2.05) is 41.9 Å². The summed E-state index contributed by atoms with van der Waals surface area (Å²) in [4.78, 5) is 0. The summed E-state index contributed by atoms with van der Waals surface area (Å²) in [5.41, 5.74) is 7.89. The van der Waals surface area contributed by atoms with Gasteiger partial charge < -0.3 is 10.5 Å². The molecule has 1 heterocycles. The molecule has 0 bridgehead atoms. The van der Waals surface area contributed by atoms with Crippen molar-refractivity contribution in [3.05, 3.63) is 41.6 Å². The Balaban J connectivity index is 1.87. The van der Waals surface area contributed by atoms with E-state index in [-0.39, 0.29) is 0 Å². The molecule has 17 heavy (non-hydrogen) atoms. The van der Waals surface area contributed by atoms with Crippen molar-refractivity contribution in [2.75, 3.05) is 12.3 Å². The lowest BCUT2D eigenvalue weighted by Gasteiger charge is -2.07. The Bertz CT molecular complexity index is 488. The van der Waals surface area contributed by atoms with Crippen LogP contribution in [-0.2, 0) is 6.54 Å². The van der Waals surface area contributed by atoms with Crippen LogP contribution in [-0.4, -0.2) is 16.4 Å². The van der Waals surface area contributed by atoms with Crippen LogP contribution in [0.2, 0.25) is 0 Å². The zero-order valence-electron chi connectivity index (χ0n) is 10.2. The number of aromatic nitrogens is 2. The molecule has 0 saturated carbocycles. The van der Waals surface area contributed by atoms with Crippen LogP contribution in [0.25, 0.3) is 0 Å². The fraction of sp³-hybridized carbons (Fsp3) is 0.308. The van der Waals surface area contributed by atoms with Crippen LogP contribution in [0.1, 0.15) is 11.3 Å². The smallest absolute Gasteiger partial charge is 0.145 e. The van der Waals surface area contributed by atoms with Crippen molar-refractivity contribution in [1.29, 1.82) is 0 Å². The Morgan fingerprint density at radius 2 is 1.94 bits per heavy atom. The van der Waals surface area contributed by atoms with Gasteiger partial charge in [-0.15, -0.1) is 0 Å². The van der Waals surface area contributed by atoms with E-state index in [9.17, 15) is 0 Å². The number of nitrogens with two attached hydrogens (primary N) is 1. The van der Waals surface area contributed by atoms with Crippen molar-refractivity contribution in [3.63, 3.8) is 0 Å². The van der Waals surface area contributed by atoms with Gasteiger partial charge in [-0.3, -0.25) is 4.68 Å². The molecule has 0 amide bonds. The van der Waals surface area contributed by atoms with Gasteiger partial charge in [-0.2, -0.15) is 5.10 Å². The molecular weight excluding hydrogens is 214 g/mol. The minimum Gasteiger partial charge on any atom is -0.492 e. The molecule has 0 aliphatic rings. The Morgan fingerprint density at radius 1 is 1.24 bits per heavy atom.